The zero-order valence-corrected chi connectivity index (χ0v) is 11.7. The van der Waals surface area contributed by atoms with Crippen LogP contribution in [0.2, 0.25) is 0 Å². The number of carboxylic acids is 1. The number of carbonyl (C=O) groups excluding carboxylic acids is 2. The minimum absolute atomic E-state index is 0.0732. The molecule has 0 rings (SSSR count). The van der Waals surface area contributed by atoms with Gasteiger partial charge in [-0.2, -0.15) is 0 Å². The van der Waals surface area contributed by atoms with Gasteiger partial charge in [0.15, 0.2) is 0 Å². The van der Waals surface area contributed by atoms with Crippen molar-refractivity contribution < 1.29 is 29.0 Å². The molecule has 110 valence electrons. The first kappa shape index (κ1) is 17.4. The molecule has 0 bridgehead atoms. The Morgan fingerprint density at radius 2 is 1.84 bits per heavy atom. The molecular formula is C13H22O6. The highest BCUT2D eigenvalue weighted by Gasteiger charge is 2.25. The fourth-order valence-corrected chi connectivity index (χ4v) is 1.42. The standard InChI is InChI=1S/C13H22O6/c1-4-9(3)19-12(16)8-10(6-7-11(14)15)13(17)18-5-2/h9-10H,4-8H2,1-3H3,(H,14,15). The maximum absolute atomic E-state index is 11.6. The molecule has 0 spiro atoms. The topological polar surface area (TPSA) is 89.9 Å². The minimum Gasteiger partial charge on any atom is -0.481 e. The maximum Gasteiger partial charge on any atom is 0.309 e. The highest BCUT2D eigenvalue weighted by molar-refractivity contribution is 5.80. The third kappa shape index (κ3) is 8.18. The Labute approximate surface area is 113 Å². The van der Waals surface area contributed by atoms with Crippen LogP contribution in [0.4, 0.5) is 0 Å². The van der Waals surface area contributed by atoms with Crippen molar-refractivity contribution in [2.45, 2.75) is 52.6 Å². The van der Waals surface area contributed by atoms with Crippen LogP contribution in [-0.4, -0.2) is 35.7 Å². The lowest BCUT2D eigenvalue weighted by Gasteiger charge is -2.16. The van der Waals surface area contributed by atoms with E-state index in [9.17, 15) is 14.4 Å². The second-order valence-corrected chi connectivity index (χ2v) is 4.29. The molecule has 0 aromatic heterocycles. The fraction of sp³-hybridized carbons (Fsp3) is 0.769. The summed E-state index contributed by atoms with van der Waals surface area (Å²) < 4.78 is 9.90. The van der Waals surface area contributed by atoms with Crippen molar-refractivity contribution in [1.29, 1.82) is 0 Å². The predicted molar refractivity (Wildman–Crippen MR) is 67.5 cm³/mol. The minimum atomic E-state index is -1.01. The van der Waals surface area contributed by atoms with E-state index in [0.717, 1.165) is 0 Å². The summed E-state index contributed by atoms with van der Waals surface area (Å²) in [5.74, 6) is -2.82. The zero-order valence-electron chi connectivity index (χ0n) is 11.7. The third-order valence-corrected chi connectivity index (χ3v) is 2.65. The predicted octanol–water partition coefficient (Wildman–Crippen LogP) is 1.76. The average molecular weight is 274 g/mol. The van der Waals surface area contributed by atoms with Crippen molar-refractivity contribution in [2.24, 2.45) is 5.92 Å². The summed E-state index contributed by atoms with van der Waals surface area (Å²) in [6.45, 7) is 5.49. The molecule has 0 aliphatic carbocycles. The van der Waals surface area contributed by atoms with Gasteiger partial charge in [0.1, 0.15) is 0 Å². The summed E-state index contributed by atoms with van der Waals surface area (Å²) in [5.41, 5.74) is 0. The largest absolute Gasteiger partial charge is 0.481 e. The van der Waals surface area contributed by atoms with Crippen LogP contribution >= 0.6 is 0 Å². The van der Waals surface area contributed by atoms with E-state index >= 15 is 0 Å². The number of hydrogen-bond donors (Lipinski definition) is 1. The van der Waals surface area contributed by atoms with Crippen LogP contribution in [0.3, 0.4) is 0 Å². The molecular weight excluding hydrogens is 252 g/mol. The molecule has 0 aromatic rings. The highest BCUT2D eigenvalue weighted by Crippen LogP contribution is 2.15. The van der Waals surface area contributed by atoms with Gasteiger partial charge in [-0.05, 0) is 26.7 Å². The van der Waals surface area contributed by atoms with Crippen LogP contribution < -0.4 is 0 Å². The van der Waals surface area contributed by atoms with Crippen molar-refractivity contribution in [3.63, 3.8) is 0 Å². The maximum atomic E-state index is 11.6. The van der Waals surface area contributed by atoms with Gasteiger partial charge < -0.3 is 14.6 Å². The van der Waals surface area contributed by atoms with E-state index in [-0.39, 0.29) is 32.0 Å². The molecule has 0 radical (unpaired) electrons. The molecule has 0 aliphatic heterocycles. The Morgan fingerprint density at radius 1 is 1.21 bits per heavy atom. The van der Waals surface area contributed by atoms with Crippen LogP contribution in [0.15, 0.2) is 0 Å². The monoisotopic (exact) mass is 274 g/mol. The van der Waals surface area contributed by atoms with Gasteiger partial charge in [-0.1, -0.05) is 6.92 Å². The van der Waals surface area contributed by atoms with Crippen molar-refractivity contribution >= 4 is 17.9 Å². The van der Waals surface area contributed by atoms with Crippen LogP contribution in [0.25, 0.3) is 0 Å². The normalized spacial score (nSPS) is 13.4. The van der Waals surface area contributed by atoms with E-state index in [0.29, 0.717) is 6.42 Å². The molecule has 2 atom stereocenters. The van der Waals surface area contributed by atoms with Crippen molar-refractivity contribution in [3.05, 3.63) is 0 Å². The first-order chi connectivity index (χ1) is 8.90. The number of ether oxygens (including phenoxy) is 2. The number of rotatable bonds is 9. The quantitative estimate of drug-likeness (QED) is 0.644. The van der Waals surface area contributed by atoms with Gasteiger partial charge in [0.25, 0.3) is 0 Å². The van der Waals surface area contributed by atoms with Crippen molar-refractivity contribution in [2.75, 3.05) is 6.61 Å². The Hall–Kier alpha value is -1.59. The van der Waals surface area contributed by atoms with Crippen LogP contribution in [0, 0.1) is 5.92 Å². The van der Waals surface area contributed by atoms with E-state index in [4.69, 9.17) is 14.6 Å². The number of aliphatic carboxylic acids is 1. The number of hydrogen-bond acceptors (Lipinski definition) is 5. The van der Waals surface area contributed by atoms with E-state index in [1.165, 1.54) is 0 Å². The summed E-state index contributed by atoms with van der Waals surface area (Å²) in [5, 5.41) is 8.62. The Balaban J connectivity index is 4.43. The van der Waals surface area contributed by atoms with Gasteiger partial charge in [0, 0.05) is 6.42 Å². The lowest BCUT2D eigenvalue weighted by Crippen LogP contribution is -2.24. The number of carbonyl (C=O) groups is 3. The molecule has 0 amide bonds. The average Bonchev–Trinajstić information content (AvgIpc) is 2.34. The molecule has 0 saturated heterocycles. The van der Waals surface area contributed by atoms with Gasteiger partial charge in [0.05, 0.1) is 25.0 Å². The molecule has 19 heavy (non-hydrogen) atoms. The molecule has 6 heteroatoms. The van der Waals surface area contributed by atoms with Crippen molar-refractivity contribution in [3.8, 4) is 0 Å². The smallest absolute Gasteiger partial charge is 0.309 e. The molecule has 2 unspecified atom stereocenters. The van der Waals surface area contributed by atoms with Gasteiger partial charge in [-0.3, -0.25) is 14.4 Å². The molecule has 0 heterocycles. The van der Waals surface area contributed by atoms with E-state index < -0.39 is 23.8 Å². The molecule has 0 saturated carbocycles. The van der Waals surface area contributed by atoms with Crippen LogP contribution in [-0.2, 0) is 23.9 Å². The van der Waals surface area contributed by atoms with Gasteiger partial charge in [-0.15, -0.1) is 0 Å². The van der Waals surface area contributed by atoms with E-state index in [1.54, 1.807) is 13.8 Å². The van der Waals surface area contributed by atoms with Crippen LogP contribution in [0.1, 0.15) is 46.5 Å². The number of esters is 2. The second kappa shape index (κ2) is 9.35. The molecule has 1 N–H and O–H groups in total. The Morgan fingerprint density at radius 3 is 2.32 bits per heavy atom. The van der Waals surface area contributed by atoms with Gasteiger partial charge in [0.2, 0.25) is 0 Å². The van der Waals surface area contributed by atoms with E-state index in [1.807, 2.05) is 6.92 Å². The van der Waals surface area contributed by atoms with E-state index in [2.05, 4.69) is 0 Å². The SMILES string of the molecule is CCOC(=O)C(CCC(=O)O)CC(=O)OC(C)CC. The summed E-state index contributed by atoms with van der Waals surface area (Å²) in [6.07, 6.45) is 0.223. The third-order valence-electron chi connectivity index (χ3n) is 2.65. The second-order valence-electron chi connectivity index (χ2n) is 4.29. The molecule has 6 nitrogen and oxygen atoms in total. The van der Waals surface area contributed by atoms with Crippen molar-refractivity contribution in [1.82, 2.24) is 0 Å². The fourth-order valence-electron chi connectivity index (χ4n) is 1.42. The molecule has 0 aromatic carbocycles. The lowest BCUT2D eigenvalue weighted by molar-refractivity contribution is -0.158. The Bertz CT molecular complexity index is 312. The lowest BCUT2D eigenvalue weighted by atomic mass is 9.99. The zero-order chi connectivity index (χ0) is 14.8. The first-order valence-electron chi connectivity index (χ1n) is 6.48. The molecule has 0 fully saturated rings. The number of carboxylic acid groups (broad SMARTS) is 1. The summed E-state index contributed by atoms with van der Waals surface area (Å²) in [4.78, 5) is 33.7. The highest BCUT2D eigenvalue weighted by atomic mass is 16.5. The first-order valence-corrected chi connectivity index (χ1v) is 6.48. The Kier molecular flexibility index (Phi) is 8.57. The summed E-state index contributed by atoms with van der Waals surface area (Å²) in [7, 11) is 0. The molecule has 0 aliphatic rings. The van der Waals surface area contributed by atoms with Gasteiger partial charge in [-0.25, -0.2) is 0 Å². The summed E-state index contributed by atoms with van der Waals surface area (Å²) >= 11 is 0. The van der Waals surface area contributed by atoms with Crippen LogP contribution in [0.5, 0.6) is 0 Å². The van der Waals surface area contributed by atoms with Gasteiger partial charge >= 0.3 is 17.9 Å². The summed E-state index contributed by atoms with van der Waals surface area (Å²) in [6, 6.07) is 0.